The van der Waals surface area contributed by atoms with Gasteiger partial charge in [0.15, 0.2) is 0 Å². The lowest BCUT2D eigenvalue weighted by molar-refractivity contribution is -0.147. The van der Waals surface area contributed by atoms with Crippen molar-refractivity contribution in [3.8, 4) is 0 Å². The average molecular weight is 415 g/mol. The molecular weight excluding hydrogens is 401 g/mol. The molecule has 0 aliphatic carbocycles. The molecule has 5 nitrogen and oxygen atoms in total. The molecule has 1 amide bonds. The molecule has 0 fully saturated rings. The summed E-state index contributed by atoms with van der Waals surface area (Å²) in [7, 11) is 1.19. The van der Waals surface area contributed by atoms with Crippen molar-refractivity contribution in [1.82, 2.24) is 0 Å². The number of hydrogen-bond donors (Lipinski definition) is 1. The molecule has 8 heteroatoms. The summed E-state index contributed by atoms with van der Waals surface area (Å²) in [5.41, 5.74) is 1.18. The van der Waals surface area contributed by atoms with Gasteiger partial charge in [-0.25, -0.2) is 9.59 Å². The Kier molecular flexibility index (Phi) is 6.91. The highest BCUT2D eigenvalue weighted by Crippen LogP contribution is 2.26. The second-order valence-electron chi connectivity index (χ2n) is 5.09. The first kappa shape index (κ1) is 20.1. The Hall–Kier alpha value is -2.21. The highest BCUT2D eigenvalue weighted by Gasteiger charge is 2.28. The van der Waals surface area contributed by atoms with E-state index in [1.807, 2.05) is 0 Å². The molecule has 2 aromatic carbocycles. The number of ether oxygens (including phenoxy) is 2. The molecule has 1 atom stereocenters. The first-order valence-electron chi connectivity index (χ1n) is 7.27. The van der Waals surface area contributed by atoms with E-state index < -0.39 is 18.2 Å². The molecule has 136 valence electrons. The number of carbonyl (C=O) groups excluding carboxylic acids is 2. The number of halogens is 3. The zero-order valence-electron chi connectivity index (χ0n) is 13.6. The fourth-order valence-corrected chi connectivity index (χ4v) is 2.44. The third-order valence-corrected chi connectivity index (χ3v) is 4.33. The number of rotatable bonds is 5. The normalized spacial score (nSPS) is 11.4. The molecule has 0 saturated carbocycles. The van der Waals surface area contributed by atoms with Crippen LogP contribution in [0, 0.1) is 0 Å². The summed E-state index contributed by atoms with van der Waals surface area (Å²) in [4.78, 5) is 24.2. The number of amides is 1. The van der Waals surface area contributed by atoms with Crippen molar-refractivity contribution >= 4 is 58.1 Å². The smallest absolute Gasteiger partial charge is 0.412 e. The summed E-state index contributed by atoms with van der Waals surface area (Å²) in [6.07, 6.45) is -2.21. The first-order valence-corrected chi connectivity index (χ1v) is 8.40. The zero-order valence-corrected chi connectivity index (χ0v) is 15.9. The summed E-state index contributed by atoms with van der Waals surface area (Å²) in [5.74, 6) is -0.769. The lowest BCUT2D eigenvalue weighted by Crippen LogP contribution is -2.31. The van der Waals surface area contributed by atoms with Gasteiger partial charge in [0.2, 0.25) is 6.10 Å². The first-order chi connectivity index (χ1) is 12.3. The Morgan fingerprint density at radius 3 is 2.27 bits per heavy atom. The predicted molar refractivity (Wildman–Crippen MR) is 103 cm³/mol. The Balaban J connectivity index is 2.15. The number of carbonyl (C=O) groups is 2. The van der Waals surface area contributed by atoms with Gasteiger partial charge in [0, 0.05) is 16.3 Å². The van der Waals surface area contributed by atoms with E-state index in [2.05, 4.69) is 11.9 Å². The Morgan fingerprint density at radius 2 is 1.69 bits per heavy atom. The van der Waals surface area contributed by atoms with Crippen molar-refractivity contribution in [2.45, 2.75) is 6.10 Å². The average Bonchev–Trinajstić information content (AvgIpc) is 2.62. The molecule has 0 bridgehead atoms. The molecule has 0 radical (unpaired) electrons. The van der Waals surface area contributed by atoms with Crippen LogP contribution in [0.15, 0.2) is 49.0 Å². The molecule has 2 aromatic rings. The SMILES string of the molecule is C=C(c1ccc(Cl)cc1)C(OC(=O)Nc1ccc(Cl)c(Cl)c1)C(=O)OC. The minimum atomic E-state index is -1.33. The molecule has 0 saturated heterocycles. The van der Waals surface area contributed by atoms with E-state index in [-0.39, 0.29) is 10.6 Å². The van der Waals surface area contributed by atoms with Crippen molar-refractivity contribution in [1.29, 1.82) is 0 Å². The van der Waals surface area contributed by atoms with Gasteiger partial charge >= 0.3 is 12.1 Å². The number of esters is 1. The Morgan fingerprint density at radius 1 is 1.04 bits per heavy atom. The van der Waals surface area contributed by atoms with Gasteiger partial charge in [-0.15, -0.1) is 0 Å². The van der Waals surface area contributed by atoms with Crippen molar-refractivity contribution in [3.63, 3.8) is 0 Å². The van der Waals surface area contributed by atoms with Gasteiger partial charge in [0.05, 0.1) is 17.2 Å². The molecule has 26 heavy (non-hydrogen) atoms. The maximum absolute atomic E-state index is 12.1. The quantitative estimate of drug-likeness (QED) is 0.661. The van der Waals surface area contributed by atoms with E-state index in [9.17, 15) is 9.59 Å². The summed E-state index contributed by atoms with van der Waals surface area (Å²) >= 11 is 17.6. The van der Waals surface area contributed by atoms with Crippen molar-refractivity contribution in [3.05, 3.63) is 69.7 Å². The second kappa shape index (κ2) is 8.94. The molecule has 0 aliphatic heterocycles. The monoisotopic (exact) mass is 413 g/mol. The fourth-order valence-electron chi connectivity index (χ4n) is 2.01. The highest BCUT2D eigenvalue weighted by molar-refractivity contribution is 6.42. The number of hydrogen-bond acceptors (Lipinski definition) is 4. The number of nitrogens with one attached hydrogen (secondary N) is 1. The van der Waals surface area contributed by atoms with E-state index in [4.69, 9.17) is 44.3 Å². The molecule has 1 N–H and O–H groups in total. The van der Waals surface area contributed by atoms with Crippen LogP contribution in [0.1, 0.15) is 5.56 Å². The molecular formula is C18H14Cl3NO4. The number of benzene rings is 2. The maximum Gasteiger partial charge on any atom is 0.412 e. The van der Waals surface area contributed by atoms with Gasteiger partial charge in [-0.05, 0) is 35.9 Å². The van der Waals surface area contributed by atoms with Crippen LogP contribution < -0.4 is 5.32 Å². The topological polar surface area (TPSA) is 64.6 Å². The van der Waals surface area contributed by atoms with E-state index >= 15 is 0 Å². The summed E-state index contributed by atoms with van der Waals surface area (Å²) in [6.45, 7) is 3.82. The second-order valence-corrected chi connectivity index (χ2v) is 6.35. The molecule has 0 aliphatic rings. The van der Waals surface area contributed by atoms with Crippen molar-refractivity contribution in [2.24, 2.45) is 0 Å². The minimum absolute atomic E-state index is 0.248. The molecule has 0 heterocycles. The highest BCUT2D eigenvalue weighted by atomic mass is 35.5. The minimum Gasteiger partial charge on any atom is -0.466 e. The third kappa shape index (κ3) is 5.14. The van der Waals surface area contributed by atoms with E-state index in [0.29, 0.717) is 21.3 Å². The zero-order chi connectivity index (χ0) is 19.3. The van der Waals surface area contributed by atoms with Crippen LogP contribution in [0.2, 0.25) is 15.1 Å². The molecule has 0 aromatic heterocycles. The van der Waals surface area contributed by atoms with Crippen LogP contribution in [0.3, 0.4) is 0 Å². The van der Waals surface area contributed by atoms with Gasteiger partial charge in [-0.1, -0.05) is 53.5 Å². The number of anilines is 1. The maximum atomic E-state index is 12.1. The lowest BCUT2D eigenvalue weighted by atomic mass is 10.0. The van der Waals surface area contributed by atoms with Gasteiger partial charge in [0.1, 0.15) is 0 Å². The van der Waals surface area contributed by atoms with Crippen LogP contribution >= 0.6 is 34.8 Å². The molecule has 0 spiro atoms. The Labute approximate surface area is 165 Å². The van der Waals surface area contributed by atoms with Crippen LogP contribution in [0.25, 0.3) is 5.57 Å². The fraction of sp³-hybridized carbons (Fsp3) is 0.111. The van der Waals surface area contributed by atoms with Gasteiger partial charge < -0.3 is 9.47 Å². The van der Waals surface area contributed by atoms with Crippen LogP contribution in [0.4, 0.5) is 10.5 Å². The van der Waals surface area contributed by atoms with Crippen LogP contribution in [-0.2, 0) is 14.3 Å². The van der Waals surface area contributed by atoms with E-state index in [1.165, 1.54) is 25.3 Å². The number of methoxy groups -OCH3 is 1. The van der Waals surface area contributed by atoms with E-state index in [1.54, 1.807) is 24.3 Å². The van der Waals surface area contributed by atoms with E-state index in [0.717, 1.165) is 0 Å². The summed E-state index contributed by atoms with van der Waals surface area (Å²) in [6, 6.07) is 11.1. The summed E-state index contributed by atoms with van der Waals surface area (Å²) < 4.78 is 9.89. The molecule has 1 unspecified atom stereocenters. The predicted octanol–water partition coefficient (Wildman–Crippen LogP) is 5.45. The van der Waals surface area contributed by atoms with Gasteiger partial charge in [-0.2, -0.15) is 0 Å². The van der Waals surface area contributed by atoms with Gasteiger partial charge in [-0.3, -0.25) is 5.32 Å². The van der Waals surface area contributed by atoms with Crippen LogP contribution in [-0.4, -0.2) is 25.3 Å². The molecule has 2 rings (SSSR count). The largest absolute Gasteiger partial charge is 0.466 e. The van der Waals surface area contributed by atoms with Crippen LogP contribution in [0.5, 0.6) is 0 Å². The Bertz CT molecular complexity index is 837. The standard InChI is InChI=1S/C18H14Cl3NO4/c1-10(11-3-5-12(19)6-4-11)16(17(23)25-2)26-18(24)22-13-7-8-14(20)15(21)9-13/h3-9,16H,1H2,2H3,(H,22,24). The van der Waals surface area contributed by atoms with Gasteiger partial charge in [0.25, 0.3) is 0 Å². The third-order valence-electron chi connectivity index (χ3n) is 3.34. The summed E-state index contributed by atoms with van der Waals surface area (Å²) in [5, 5.41) is 3.59. The van der Waals surface area contributed by atoms with Crippen molar-refractivity contribution < 1.29 is 19.1 Å². The van der Waals surface area contributed by atoms with Crippen molar-refractivity contribution in [2.75, 3.05) is 12.4 Å². The lowest BCUT2D eigenvalue weighted by Gasteiger charge is -2.18.